The highest BCUT2D eigenvalue weighted by Gasteiger charge is 2.36. The van der Waals surface area contributed by atoms with Crippen LogP contribution in [0, 0.1) is 11.7 Å². The van der Waals surface area contributed by atoms with Crippen molar-refractivity contribution in [1.82, 2.24) is 9.80 Å². The molecule has 0 spiro atoms. The van der Waals surface area contributed by atoms with Gasteiger partial charge >= 0.3 is 0 Å². The zero-order valence-electron chi connectivity index (χ0n) is 14.8. The number of benzene rings is 1. The van der Waals surface area contributed by atoms with Crippen LogP contribution in [0.2, 0.25) is 0 Å². The Morgan fingerprint density at radius 3 is 2.48 bits per heavy atom. The lowest BCUT2D eigenvalue weighted by Gasteiger charge is -2.37. The fourth-order valence-corrected chi connectivity index (χ4v) is 3.60. The molecule has 0 saturated carbocycles. The van der Waals surface area contributed by atoms with E-state index >= 15 is 0 Å². The molecule has 2 fully saturated rings. The third-order valence-electron chi connectivity index (χ3n) is 5.13. The first-order valence-electron chi connectivity index (χ1n) is 9.15. The van der Waals surface area contributed by atoms with Crippen molar-refractivity contribution in [3.63, 3.8) is 0 Å². The number of piperazine rings is 1. The van der Waals surface area contributed by atoms with Crippen LogP contribution in [-0.4, -0.2) is 60.9 Å². The Hall–Kier alpha value is -2.11. The normalized spacial score (nSPS) is 21.1. The quantitative estimate of drug-likeness (QED) is 0.820. The minimum Gasteiger partial charge on any atom is -0.368 e. The molecule has 3 rings (SSSR count). The van der Waals surface area contributed by atoms with E-state index in [4.69, 9.17) is 0 Å². The number of amides is 2. The topological polar surface area (TPSA) is 43.9 Å². The molecule has 1 atom stereocenters. The van der Waals surface area contributed by atoms with E-state index in [0.717, 1.165) is 38.2 Å². The summed E-state index contributed by atoms with van der Waals surface area (Å²) in [5.41, 5.74) is 0.982. The van der Waals surface area contributed by atoms with Crippen molar-refractivity contribution in [3.05, 3.63) is 30.1 Å². The number of hydrogen-bond donors (Lipinski definition) is 0. The Morgan fingerprint density at radius 2 is 1.84 bits per heavy atom. The average Bonchev–Trinajstić information content (AvgIpc) is 3.01. The summed E-state index contributed by atoms with van der Waals surface area (Å²) in [4.78, 5) is 30.7. The molecule has 0 radical (unpaired) electrons. The van der Waals surface area contributed by atoms with E-state index in [2.05, 4.69) is 11.8 Å². The minimum atomic E-state index is -0.240. The lowest BCUT2D eigenvalue weighted by molar-refractivity contribution is -0.136. The number of anilines is 1. The van der Waals surface area contributed by atoms with Gasteiger partial charge in [0, 0.05) is 51.4 Å². The predicted molar refractivity (Wildman–Crippen MR) is 94.8 cm³/mol. The lowest BCUT2D eigenvalue weighted by Crippen LogP contribution is -2.50. The second-order valence-corrected chi connectivity index (χ2v) is 6.88. The summed E-state index contributed by atoms with van der Waals surface area (Å²) in [6.45, 7) is 6.19. The summed E-state index contributed by atoms with van der Waals surface area (Å²) in [7, 11) is 0. The predicted octanol–water partition coefficient (Wildman–Crippen LogP) is 2.12. The molecule has 2 aliphatic rings. The van der Waals surface area contributed by atoms with Crippen LogP contribution in [0.3, 0.4) is 0 Å². The molecule has 0 aromatic heterocycles. The molecule has 25 heavy (non-hydrogen) atoms. The van der Waals surface area contributed by atoms with Crippen molar-refractivity contribution in [2.75, 3.05) is 44.2 Å². The number of carbonyl (C=O) groups excluding carboxylic acids is 2. The first-order chi connectivity index (χ1) is 12.1. The number of unbranched alkanes of at least 4 members (excludes halogenated alkanes) is 1. The van der Waals surface area contributed by atoms with Crippen molar-refractivity contribution in [2.24, 2.45) is 5.92 Å². The van der Waals surface area contributed by atoms with Gasteiger partial charge in [0.15, 0.2) is 0 Å². The maximum atomic E-state index is 13.0. The summed E-state index contributed by atoms with van der Waals surface area (Å²) < 4.78 is 13.0. The van der Waals surface area contributed by atoms with E-state index < -0.39 is 0 Å². The standard InChI is InChI=1S/C19H26FN3O2/c1-2-3-8-23-14-15(13-18(23)24)19(25)22-11-9-21(10-12-22)17-6-4-16(20)5-7-17/h4-7,15H,2-3,8-14H2,1H3/t15-/m1/s1. The Kier molecular flexibility index (Phi) is 5.56. The van der Waals surface area contributed by atoms with Gasteiger partial charge in [0.05, 0.1) is 5.92 Å². The van der Waals surface area contributed by atoms with Crippen molar-refractivity contribution in [1.29, 1.82) is 0 Å². The molecule has 2 amide bonds. The largest absolute Gasteiger partial charge is 0.368 e. The molecule has 2 heterocycles. The van der Waals surface area contributed by atoms with Gasteiger partial charge in [-0.1, -0.05) is 13.3 Å². The summed E-state index contributed by atoms with van der Waals surface area (Å²) in [5.74, 6) is -0.222. The monoisotopic (exact) mass is 347 g/mol. The molecule has 2 aliphatic heterocycles. The first-order valence-corrected chi connectivity index (χ1v) is 9.15. The molecule has 6 heteroatoms. The Morgan fingerprint density at radius 1 is 1.16 bits per heavy atom. The van der Waals surface area contributed by atoms with E-state index in [1.54, 1.807) is 12.1 Å². The summed E-state index contributed by atoms with van der Waals surface area (Å²) in [5, 5.41) is 0. The van der Waals surface area contributed by atoms with Gasteiger partial charge in [0.1, 0.15) is 5.82 Å². The van der Waals surface area contributed by atoms with Crippen molar-refractivity contribution >= 4 is 17.5 Å². The highest BCUT2D eigenvalue weighted by Crippen LogP contribution is 2.23. The van der Waals surface area contributed by atoms with Gasteiger partial charge in [-0.3, -0.25) is 9.59 Å². The molecule has 5 nitrogen and oxygen atoms in total. The average molecular weight is 347 g/mol. The number of hydrogen-bond acceptors (Lipinski definition) is 3. The van der Waals surface area contributed by atoms with Crippen molar-refractivity contribution < 1.29 is 14.0 Å². The van der Waals surface area contributed by atoms with E-state index in [1.165, 1.54) is 12.1 Å². The van der Waals surface area contributed by atoms with E-state index in [9.17, 15) is 14.0 Å². The highest BCUT2D eigenvalue weighted by molar-refractivity contribution is 5.89. The van der Waals surface area contributed by atoms with Gasteiger partial charge in [-0.15, -0.1) is 0 Å². The molecule has 1 aromatic rings. The van der Waals surface area contributed by atoms with Gasteiger partial charge in [-0.05, 0) is 30.7 Å². The zero-order valence-corrected chi connectivity index (χ0v) is 14.8. The molecule has 0 aliphatic carbocycles. The fraction of sp³-hybridized carbons (Fsp3) is 0.579. The lowest BCUT2D eigenvalue weighted by atomic mass is 10.1. The van der Waals surface area contributed by atoms with E-state index in [1.807, 2.05) is 9.80 Å². The molecular formula is C19H26FN3O2. The zero-order chi connectivity index (χ0) is 17.8. The van der Waals surface area contributed by atoms with Crippen LogP contribution in [0.15, 0.2) is 24.3 Å². The summed E-state index contributed by atoms with van der Waals surface area (Å²) in [6, 6.07) is 6.46. The molecule has 2 saturated heterocycles. The summed E-state index contributed by atoms with van der Waals surface area (Å²) in [6.07, 6.45) is 2.39. The number of rotatable bonds is 5. The number of likely N-dealkylation sites (tertiary alicyclic amines) is 1. The number of halogens is 1. The Labute approximate surface area is 148 Å². The van der Waals surface area contributed by atoms with Gasteiger partial charge in [0.25, 0.3) is 0 Å². The minimum absolute atomic E-state index is 0.103. The number of nitrogens with zero attached hydrogens (tertiary/aromatic N) is 3. The van der Waals surface area contributed by atoms with Crippen LogP contribution >= 0.6 is 0 Å². The van der Waals surface area contributed by atoms with Gasteiger partial charge in [-0.2, -0.15) is 0 Å². The molecular weight excluding hydrogens is 321 g/mol. The second-order valence-electron chi connectivity index (χ2n) is 6.88. The first kappa shape index (κ1) is 17.7. The maximum absolute atomic E-state index is 13.0. The van der Waals surface area contributed by atoms with Crippen LogP contribution in [-0.2, 0) is 9.59 Å². The number of carbonyl (C=O) groups is 2. The SMILES string of the molecule is CCCCN1C[C@H](C(=O)N2CCN(c3ccc(F)cc3)CC2)CC1=O. The Bertz CT molecular complexity index is 612. The van der Waals surface area contributed by atoms with Gasteiger partial charge in [-0.25, -0.2) is 4.39 Å². The summed E-state index contributed by atoms with van der Waals surface area (Å²) >= 11 is 0. The van der Waals surface area contributed by atoms with Gasteiger partial charge in [0.2, 0.25) is 11.8 Å². The van der Waals surface area contributed by atoms with Crippen LogP contribution in [0.25, 0.3) is 0 Å². The van der Waals surface area contributed by atoms with E-state index in [0.29, 0.717) is 26.1 Å². The third-order valence-corrected chi connectivity index (χ3v) is 5.13. The van der Waals surface area contributed by atoms with Crippen molar-refractivity contribution in [2.45, 2.75) is 26.2 Å². The fourth-order valence-electron chi connectivity index (χ4n) is 3.60. The molecule has 0 N–H and O–H groups in total. The van der Waals surface area contributed by atoms with Crippen LogP contribution in [0.1, 0.15) is 26.2 Å². The van der Waals surface area contributed by atoms with Crippen LogP contribution < -0.4 is 4.90 Å². The smallest absolute Gasteiger partial charge is 0.228 e. The molecule has 136 valence electrons. The molecule has 0 bridgehead atoms. The van der Waals surface area contributed by atoms with Gasteiger partial charge < -0.3 is 14.7 Å². The highest BCUT2D eigenvalue weighted by atomic mass is 19.1. The second kappa shape index (κ2) is 7.85. The molecule has 0 unspecified atom stereocenters. The maximum Gasteiger partial charge on any atom is 0.228 e. The van der Waals surface area contributed by atoms with Crippen LogP contribution in [0.4, 0.5) is 10.1 Å². The van der Waals surface area contributed by atoms with E-state index in [-0.39, 0.29) is 23.5 Å². The van der Waals surface area contributed by atoms with Crippen LogP contribution in [0.5, 0.6) is 0 Å². The third kappa shape index (κ3) is 4.11. The Balaban J connectivity index is 1.52. The molecule has 1 aromatic carbocycles. The van der Waals surface area contributed by atoms with Crippen molar-refractivity contribution in [3.8, 4) is 0 Å².